The summed E-state index contributed by atoms with van der Waals surface area (Å²) in [5.74, 6) is -0.342. The van der Waals surface area contributed by atoms with Gasteiger partial charge in [0.15, 0.2) is 0 Å². The second kappa shape index (κ2) is 6.19. The van der Waals surface area contributed by atoms with E-state index in [9.17, 15) is 19.9 Å². The van der Waals surface area contributed by atoms with Crippen molar-refractivity contribution in [2.75, 3.05) is 0 Å². The number of hydrogen-bond donors (Lipinski definition) is 5. The van der Waals surface area contributed by atoms with E-state index in [-0.39, 0.29) is 28.4 Å². The second-order valence-electron chi connectivity index (χ2n) is 4.64. The zero-order valence-corrected chi connectivity index (χ0v) is 12.2. The molecule has 0 radical (unpaired) electrons. The molecule has 0 saturated heterocycles. The molecule has 0 aliphatic rings. The minimum atomic E-state index is -4.31. The molecule has 0 saturated carbocycles. The molecule has 22 heavy (non-hydrogen) atoms. The average Bonchev–Trinajstić information content (AvgIpc) is 2.41. The SMILES string of the molecule is O=P(O)(O)Cc1cc(N=Cc2cc(O)ccc2O)ccc1O. The number of hydrogen-bond acceptors (Lipinski definition) is 5. The lowest BCUT2D eigenvalue weighted by Crippen LogP contribution is -1.88. The summed E-state index contributed by atoms with van der Waals surface area (Å²) in [5, 5.41) is 28.6. The van der Waals surface area contributed by atoms with Gasteiger partial charge in [-0.3, -0.25) is 9.56 Å². The molecule has 0 aliphatic carbocycles. The molecule has 0 bridgehead atoms. The predicted molar refractivity (Wildman–Crippen MR) is 80.9 cm³/mol. The summed E-state index contributed by atoms with van der Waals surface area (Å²) < 4.78 is 11.0. The Balaban J connectivity index is 2.30. The van der Waals surface area contributed by atoms with Gasteiger partial charge in [0.25, 0.3) is 0 Å². The molecule has 0 aliphatic heterocycles. The molecule has 0 aromatic heterocycles. The first-order valence-electron chi connectivity index (χ1n) is 6.17. The van der Waals surface area contributed by atoms with E-state index in [1.165, 1.54) is 42.6 Å². The van der Waals surface area contributed by atoms with Gasteiger partial charge >= 0.3 is 7.60 Å². The van der Waals surface area contributed by atoms with Crippen LogP contribution in [0, 0.1) is 0 Å². The van der Waals surface area contributed by atoms with Crippen LogP contribution in [0.3, 0.4) is 0 Å². The highest BCUT2D eigenvalue weighted by molar-refractivity contribution is 7.50. The third-order valence-corrected chi connectivity index (χ3v) is 3.56. The van der Waals surface area contributed by atoms with E-state index < -0.39 is 13.8 Å². The van der Waals surface area contributed by atoms with Crippen molar-refractivity contribution in [3.63, 3.8) is 0 Å². The Morgan fingerprint density at radius 3 is 2.36 bits per heavy atom. The van der Waals surface area contributed by atoms with Crippen LogP contribution in [0.15, 0.2) is 41.4 Å². The molecule has 2 aromatic rings. The quantitative estimate of drug-likeness (QED) is 0.333. The molecule has 2 rings (SSSR count). The highest BCUT2D eigenvalue weighted by Crippen LogP contribution is 2.42. The van der Waals surface area contributed by atoms with Crippen LogP contribution in [0.2, 0.25) is 0 Å². The molecular weight excluding hydrogens is 309 g/mol. The predicted octanol–water partition coefficient (Wildman–Crippen LogP) is 2.23. The maximum atomic E-state index is 11.0. The molecule has 5 N–H and O–H groups in total. The number of aromatic hydroxyl groups is 3. The van der Waals surface area contributed by atoms with Crippen LogP contribution in [0.25, 0.3) is 0 Å². The van der Waals surface area contributed by atoms with Crippen molar-refractivity contribution in [1.29, 1.82) is 0 Å². The molecule has 8 heteroatoms. The molecule has 0 unspecified atom stereocenters. The van der Waals surface area contributed by atoms with Crippen molar-refractivity contribution in [2.45, 2.75) is 6.16 Å². The normalized spacial score (nSPS) is 11.9. The fourth-order valence-electron chi connectivity index (χ4n) is 1.79. The van der Waals surface area contributed by atoms with Crippen molar-refractivity contribution >= 4 is 19.5 Å². The summed E-state index contributed by atoms with van der Waals surface area (Å²) in [4.78, 5) is 22.0. The highest BCUT2D eigenvalue weighted by Gasteiger charge is 2.17. The number of phenols is 3. The van der Waals surface area contributed by atoms with Gasteiger partial charge in [-0.2, -0.15) is 0 Å². The van der Waals surface area contributed by atoms with Crippen molar-refractivity contribution in [1.82, 2.24) is 0 Å². The third kappa shape index (κ3) is 4.33. The van der Waals surface area contributed by atoms with Crippen molar-refractivity contribution in [3.05, 3.63) is 47.5 Å². The Morgan fingerprint density at radius 2 is 1.68 bits per heavy atom. The molecule has 0 amide bonds. The monoisotopic (exact) mass is 323 g/mol. The molecule has 116 valence electrons. The van der Waals surface area contributed by atoms with Crippen LogP contribution >= 0.6 is 7.60 Å². The van der Waals surface area contributed by atoms with Gasteiger partial charge in [0, 0.05) is 17.3 Å². The van der Waals surface area contributed by atoms with Crippen LogP contribution in [0.5, 0.6) is 17.2 Å². The fraction of sp³-hybridized carbons (Fsp3) is 0.0714. The Labute approximate surface area is 126 Å². The average molecular weight is 323 g/mol. The van der Waals surface area contributed by atoms with Crippen LogP contribution in [-0.2, 0) is 10.7 Å². The molecule has 0 atom stereocenters. The standard InChI is InChI=1S/C14H14NO6P/c16-12-2-4-13(17)9(6-12)7-15-11-1-3-14(18)10(5-11)8-22(19,20)21/h1-7,16-18H,8H2,(H2,19,20,21). The van der Waals surface area contributed by atoms with Crippen LogP contribution in [-0.4, -0.2) is 31.3 Å². The molecule has 0 spiro atoms. The lowest BCUT2D eigenvalue weighted by Gasteiger charge is -2.07. The Hall–Kier alpha value is -2.34. The number of rotatable bonds is 4. The topological polar surface area (TPSA) is 131 Å². The minimum Gasteiger partial charge on any atom is -0.508 e. The summed E-state index contributed by atoms with van der Waals surface area (Å²) in [6.07, 6.45) is 0.697. The second-order valence-corrected chi connectivity index (χ2v) is 6.28. The molecule has 0 heterocycles. The largest absolute Gasteiger partial charge is 0.508 e. The summed E-state index contributed by atoms with van der Waals surface area (Å²) >= 11 is 0. The first-order valence-corrected chi connectivity index (χ1v) is 7.97. The van der Waals surface area contributed by atoms with Gasteiger partial charge in [-0.1, -0.05) is 0 Å². The summed E-state index contributed by atoms with van der Waals surface area (Å²) in [6.45, 7) is 0. The lowest BCUT2D eigenvalue weighted by atomic mass is 10.2. The summed E-state index contributed by atoms with van der Waals surface area (Å²) in [6, 6.07) is 8.02. The van der Waals surface area contributed by atoms with E-state index in [4.69, 9.17) is 9.79 Å². The highest BCUT2D eigenvalue weighted by atomic mass is 31.2. The summed E-state index contributed by atoms with van der Waals surface area (Å²) in [5.41, 5.74) is 0.691. The third-order valence-electron chi connectivity index (χ3n) is 2.80. The molecule has 0 fully saturated rings. The number of nitrogens with zero attached hydrogens (tertiary/aromatic N) is 1. The van der Waals surface area contributed by atoms with Crippen molar-refractivity contribution in [2.24, 2.45) is 4.99 Å². The van der Waals surface area contributed by atoms with Crippen molar-refractivity contribution < 1.29 is 29.7 Å². The van der Waals surface area contributed by atoms with E-state index in [1.54, 1.807) is 0 Å². The van der Waals surface area contributed by atoms with Crippen LogP contribution in [0.1, 0.15) is 11.1 Å². The van der Waals surface area contributed by atoms with Crippen molar-refractivity contribution in [3.8, 4) is 17.2 Å². The Kier molecular flexibility index (Phi) is 4.51. The fourth-order valence-corrected chi connectivity index (χ4v) is 2.49. The summed E-state index contributed by atoms with van der Waals surface area (Å²) in [7, 11) is -4.31. The number of phenolic OH excluding ortho intramolecular Hbond substituents is 3. The minimum absolute atomic E-state index is 0.0351. The zero-order chi connectivity index (χ0) is 16.3. The van der Waals surface area contributed by atoms with E-state index in [1.807, 2.05) is 0 Å². The van der Waals surface area contributed by atoms with E-state index in [0.29, 0.717) is 5.69 Å². The lowest BCUT2D eigenvalue weighted by molar-refractivity contribution is 0.370. The van der Waals surface area contributed by atoms with E-state index >= 15 is 0 Å². The molecule has 2 aromatic carbocycles. The van der Waals surface area contributed by atoms with Gasteiger partial charge in [-0.25, -0.2) is 0 Å². The number of aliphatic imine (C=N–C) groups is 1. The molecule has 7 nitrogen and oxygen atoms in total. The van der Waals surface area contributed by atoms with Crippen LogP contribution < -0.4 is 0 Å². The smallest absolute Gasteiger partial charge is 0.330 e. The van der Waals surface area contributed by atoms with E-state index in [0.717, 1.165) is 0 Å². The van der Waals surface area contributed by atoms with Gasteiger partial charge < -0.3 is 25.1 Å². The van der Waals surface area contributed by atoms with Crippen LogP contribution in [0.4, 0.5) is 5.69 Å². The van der Waals surface area contributed by atoms with Gasteiger partial charge in [0.05, 0.1) is 11.8 Å². The van der Waals surface area contributed by atoms with Gasteiger partial charge in [-0.05, 0) is 36.4 Å². The molecular formula is C14H14NO6P. The van der Waals surface area contributed by atoms with Gasteiger partial charge in [-0.15, -0.1) is 0 Å². The maximum absolute atomic E-state index is 11.0. The Morgan fingerprint density at radius 1 is 1.00 bits per heavy atom. The Bertz CT molecular complexity index is 768. The van der Waals surface area contributed by atoms with Gasteiger partial charge in [0.1, 0.15) is 17.2 Å². The number of benzene rings is 2. The zero-order valence-electron chi connectivity index (χ0n) is 11.3. The van der Waals surface area contributed by atoms with E-state index in [2.05, 4.69) is 4.99 Å². The maximum Gasteiger partial charge on any atom is 0.330 e. The first-order chi connectivity index (χ1) is 10.2. The van der Waals surface area contributed by atoms with Gasteiger partial charge in [0.2, 0.25) is 0 Å². The first kappa shape index (κ1) is 16.0.